The molecule has 0 unspecified atom stereocenters. The van der Waals surface area contributed by atoms with Gasteiger partial charge >= 0.3 is 0 Å². The van der Waals surface area contributed by atoms with E-state index in [9.17, 15) is 4.79 Å². The Morgan fingerprint density at radius 2 is 1.52 bits per heavy atom. The largest absolute Gasteiger partial charge is 0.313 e. The second-order valence-corrected chi connectivity index (χ2v) is 8.30. The fourth-order valence-corrected chi connectivity index (χ4v) is 4.94. The molecule has 1 fully saturated rings. The second-order valence-electron chi connectivity index (χ2n) is 6.58. The zero-order chi connectivity index (χ0) is 20.1. The molecule has 1 aliphatic heterocycles. The summed E-state index contributed by atoms with van der Waals surface area (Å²) in [4.78, 5) is 20.8. The number of carbonyl (C=O) groups excluding carboxylic acids is 1. The molecule has 0 aliphatic carbocycles. The highest BCUT2D eigenvalue weighted by atomic mass is 127. The Bertz CT molecular complexity index is 1040. The first-order chi connectivity index (χ1) is 14.3. The molecule has 1 heterocycles. The van der Waals surface area contributed by atoms with E-state index < -0.39 is 0 Å². The van der Waals surface area contributed by atoms with Crippen LogP contribution in [0.1, 0.15) is 28.4 Å². The third kappa shape index (κ3) is 4.62. The third-order valence-corrected chi connectivity index (χ3v) is 6.88. The van der Waals surface area contributed by atoms with Crippen molar-refractivity contribution in [3.8, 4) is 0 Å². The molecule has 4 rings (SSSR count). The van der Waals surface area contributed by atoms with Gasteiger partial charge in [0.05, 0.1) is 6.04 Å². The molecule has 0 radical (unpaired) electrons. The van der Waals surface area contributed by atoms with Crippen LogP contribution >= 0.6 is 34.4 Å². The number of para-hydroxylation sites is 1. The Labute approximate surface area is 188 Å². The van der Waals surface area contributed by atoms with Crippen molar-refractivity contribution >= 4 is 51.1 Å². The molecule has 0 bridgehead atoms. The number of rotatable bonds is 3. The highest BCUT2D eigenvalue weighted by Gasteiger charge is 2.33. The molecule has 0 aromatic heterocycles. The average Bonchev–Trinajstić information content (AvgIpc) is 2.80. The van der Waals surface area contributed by atoms with E-state index in [1.165, 1.54) is 10.5 Å². The summed E-state index contributed by atoms with van der Waals surface area (Å²) in [5.41, 5.74) is 2.82. The van der Waals surface area contributed by atoms with Gasteiger partial charge in [0.1, 0.15) is 0 Å². The van der Waals surface area contributed by atoms with Gasteiger partial charge in [0.15, 0.2) is 5.17 Å². The van der Waals surface area contributed by atoms with E-state index in [-0.39, 0.29) is 11.9 Å². The second kappa shape index (κ2) is 9.41. The minimum atomic E-state index is -0.226. The molecule has 3 aromatic rings. The number of amidine groups is 1. The molecule has 0 spiro atoms. The predicted octanol–water partition coefficient (Wildman–Crippen LogP) is 6.84. The number of benzene rings is 3. The predicted molar refractivity (Wildman–Crippen MR) is 131 cm³/mol. The smallest absolute Gasteiger partial charge is 0.279 e. The highest BCUT2D eigenvalue weighted by molar-refractivity contribution is 14.1. The summed E-state index contributed by atoms with van der Waals surface area (Å²) in [6.07, 6.45) is 0.866. The normalized spacial score (nSPS) is 19.5. The van der Waals surface area contributed by atoms with Crippen molar-refractivity contribution in [3.63, 3.8) is 0 Å². The molecule has 0 N–H and O–H groups in total. The summed E-state index contributed by atoms with van der Waals surface area (Å²) in [6, 6.07) is 29.9. The number of amides is 1. The number of nitrogens with zero attached hydrogens (tertiary/aromatic N) is 2. The summed E-state index contributed by atoms with van der Waals surface area (Å²) >= 11 is 3.84. The summed E-state index contributed by atoms with van der Waals surface area (Å²) in [5, 5.41) is 0.702. The van der Waals surface area contributed by atoms with Crippen LogP contribution in [0.4, 0.5) is 5.69 Å². The molecule has 5 heteroatoms. The summed E-state index contributed by atoms with van der Waals surface area (Å²) in [7, 11) is 0. The van der Waals surface area contributed by atoms with Crippen LogP contribution in [-0.4, -0.2) is 11.1 Å². The maximum Gasteiger partial charge on any atom is 0.279 e. The lowest BCUT2D eigenvalue weighted by molar-refractivity contribution is 0.100. The van der Waals surface area contributed by atoms with E-state index in [0.717, 1.165) is 12.1 Å². The monoisotopic (exact) mass is 510 g/mol. The Hall–Kier alpha value is -2.38. The SMILES string of the molecule is O=C(N=C1S/C(=C/I)C[C@H](c2ccccc2)N1c1ccccc1)c1ccccc1. The molecule has 3 nitrogen and oxygen atoms in total. The fourth-order valence-electron chi connectivity index (χ4n) is 3.32. The van der Waals surface area contributed by atoms with Gasteiger partial charge < -0.3 is 4.90 Å². The van der Waals surface area contributed by atoms with E-state index in [4.69, 9.17) is 0 Å². The van der Waals surface area contributed by atoms with Gasteiger partial charge in [0.2, 0.25) is 0 Å². The minimum absolute atomic E-state index is 0.0724. The van der Waals surface area contributed by atoms with Crippen molar-refractivity contribution in [1.29, 1.82) is 0 Å². The molecular formula is C24H19IN2OS. The van der Waals surface area contributed by atoms with Crippen molar-refractivity contribution in [2.45, 2.75) is 12.5 Å². The van der Waals surface area contributed by atoms with Crippen LogP contribution in [0.5, 0.6) is 0 Å². The fraction of sp³-hybridized carbons (Fsp3) is 0.0833. The molecule has 1 saturated heterocycles. The molecule has 1 aliphatic rings. The number of hydrogen-bond donors (Lipinski definition) is 0. The van der Waals surface area contributed by atoms with Crippen LogP contribution in [0.15, 0.2) is 105 Å². The highest BCUT2D eigenvalue weighted by Crippen LogP contribution is 2.43. The molecule has 1 amide bonds. The summed E-state index contributed by atoms with van der Waals surface area (Å²) in [6.45, 7) is 0. The zero-order valence-electron chi connectivity index (χ0n) is 15.6. The zero-order valence-corrected chi connectivity index (χ0v) is 18.6. The first kappa shape index (κ1) is 19.9. The van der Waals surface area contributed by atoms with Gasteiger partial charge in [-0.2, -0.15) is 4.99 Å². The van der Waals surface area contributed by atoms with E-state index in [1.807, 2.05) is 42.5 Å². The van der Waals surface area contributed by atoms with Gasteiger partial charge in [-0.15, -0.1) is 0 Å². The summed E-state index contributed by atoms with van der Waals surface area (Å²) in [5.74, 6) is -0.226. The third-order valence-electron chi connectivity index (χ3n) is 4.69. The molecule has 29 heavy (non-hydrogen) atoms. The lowest BCUT2D eigenvalue weighted by Crippen LogP contribution is -2.37. The average molecular weight is 510 g/mol. The van der Waals surface area contributed by atoms with Gasteiger partial charge in [-0.3, -0.25) is 4.79 Å². The van der Waals surface area contributed by atoms with Crippen LogP contribution < -0.4 is 4.90 Å². The number of thioether (sulfide) groups is 1. The van der Waals surface area contributed by atoms with Crippen molar-refractivity contribution in [2.75, 3.05) is 4.90 Å². The molecule has 1 atom stereocenters. The maximum absolute atomic E-state index is 12.9. The quantitative estimate of drug-likeness (QED) is 0.362. The number of halogens is 1. The first-order valence-electron chi connectivity index (χ1n) is 9.30. The summed E-state index contributed by atoms with van der Waals surface area (Å²) < 4.78 is 2.09. The molecule has 144 valence electrons. The van der Waals surface area contributed by atoms with Crippen LogP contribution in [0.3, 0.4) is 0 Å². The van der Waals surface area contributed by atoms with Crippen LogP contribution in [0, 0.1) is 0 Å². The number of aliphatic imine (C=N–C) groups is 1. The van der Waals surface area contributed by atoms with E-state index in [1.54, 1.807) is 23.9 Å². The number of hydrogen-bond acceptors (Lipinski definition) is 2. The topological polar surface area (TPSA) is 32.7 Å². The van der Waals surface area contributed by atoms with Gasteiger partial charge in [-0.1, -0.05) is 101 Å². The van der Waals surface area contributed by atoms with Gasteiger partial charge in [0, 0.05) is 22.6 Å². The lowest BCUT2D eigenvalue weighted by atomic mass is 10.0. The Balaban J connectivity index is 1.82. The standard InChI is InChI=1S/C24H19IN2OS/c25-17-21-16-22(18-10-4-1-5-11-18)27(20-14-8-3-9-15-20)24(29-21)26-23(28)19-12-6-2-7-13-19/h1-15,17,22H,16H2/b21-17+,26-24?/t22-/m1/s1. The van der Waals surface area contributed by atoms with Crippen molar-refractivity contribution in [1.82, 2.24) is 0 Å². The van der Waals surface area contributed by atoms with Crippen molar-refractivity contribution in [3.05, 3.63) is 111 Å². The van der Waals surface area contributed by atoms with E-state index in [0.29, 0.717) is 10.7 Å². The van der Waals surface area contributed by atoms with Crippen LogP contribution in [-0.2, 0) is 0 Å². The molecule has 0 saturated carbocycles. The lowest BCUT2D eigenvalue weighted by Gasteiger charge is -2.38. The van der Waals surface area contributed by atoms with Gasteiger partial charge in [0.25, 0.3) is 5.91 Å². The van der Waals surface area contributed by atoms with E-state index in [2.05, 4.69) is 73.0 Å². The van der Waals surface area contributed by atoms with Crippen LogP contribution in [0.25, 0.3) is 0 Å². The first-order valence-corrected chi connectivity index (χ1v) is 11.4. The Morgan fingerprint density at radius 1 is 0.931 bits per heavy atom. The minimum Gasteiger partial charge on any atom is -0.313 e. The van der Waals surface area contributed by atoms with Crippen molar-refractivity contribution < 1.29 is 4.79 Å². The molecule has 3 aromatic carbocycles. The van der Waals surface area contributed by atoms with Gasteiger partial charge in [-0.25, -0.2) is 0 Å². The van der Waals surface area contributed by atoms with Crippen LogP contribution in [0.2, 0.25) is 0 Å². The molecular weight excluding hydrogens is 491 g/mol. The maximum atomic E-state index is 12.9. The van der Waals surface area contributed by atoms with Crippen molar-refractivity contribution in [2.24, 2.45) is 4.99 Å². The number of anilines is 1. The Morgan fingerprint density at radius 3 is 2.14 bits per heavy atom. The Kier molecular flexibility index (Phi) is 6.46. The van der Waals surface area contributed by atoms with E-state index >= 15 is 0 Å². The van der Waals surface area contributed by atoms with Gasteiger partial charge in [-0.05, 0) is 33.9 Å². The number of carbonyl (C=O) groups is 1.